The van der Waals surface area contributed by atoms with Gasteiger partial charge < -0.3 is 0 Å². The Balaban J connectivity index is 2.50. The highest BCUT2D eigenvalue weighted by molar-refractivity contribution is 8.01. The lowest BCUT2D eigenvalue weighted by molar-refractivity contribution is 0.868. The smallest absolute Gasteiger partial charge is 0.0337 e. The molecule has 1 aliphatic rings. The van der Waals surface area contributed by atoms with Crippen molar-refractivity contribution < 1.29 is 0 Å². The topological polar surface area (TPSA) is 12.0 Å². The van der Waals surface area contributed by atoms with Gasteiger partial charge in [0, 0.05) is 6.04 Å². The zero-order valence-electron chi connectivity index (χ0n) is 4.56. The zero-order valence-corrected chi connectivity index (χ0v) is 5.38. The molecule has 1 atom stereocenters. The second kappa shape index (κ2) is 1.88. The van der Waals surface area contributed by atoms with Gasteiger partial charge in [0.15, 0.2) is 0 Å². The molecule has 1 rings (SSSR count). The van der Waals surface area contributed by atoms with Crippen molar-refractivity contribution in [2.75, 3.05) is 0 Å². The van der Waals surface area contributed by atoms with Crippen LogP contribution in [0.4, 0.5) is 0 Å². The van der Waals surface area contributed by atoms with Crippen LogP contribution in [0.3, 0.4) is 0 Å². The standard InChI is InChI=1S/C5H9NS/c1-4-3-5(2)7-6-4/h3-4,6H,1-2H3. The van der Waals surface area contributed by atoms with Crippen molar-refractivity contribution in [2.45, 2.75) is 19.9 Å². The Morgan fingerprint density at radius 2 is 2.57 bits per heavy atom. The minimum atomic E-state index is 0.574. The molecule has 7 heavy (non-hydrogen) atoms. The van der Waals surface area contributed by atoms with E-state index in [1.807, 2.05) is 0 Å². The molecule has 1 N–H and O–H groups in total. The zero-order chi connectivity index (χ0) is 5.28. The normalized spacial score (nSPS) is 30.6. The lowest BCUT2D eigenvalue weighted by Gasteiger charge is -1.93. The molecule has 1 nitrogen and oxygen atoms in total. The first-order valence-corrected chi connectivity index (χ1v) is 3.21. The molecule has 2 heteroatoms. The van der Waals surface area contributed by atoms with Gasteiger partial charge in [-0.2, -0.15) is 0 Å². The van der Waals surface area contributed by atoms with E-state index in [9.17, 15) is 0 Å². The Kier molecular flexibility index (Phi) is 1.40. The van der Waals surface area contributed by atoms with Gasteiger partial charge >= 0.3 is 0 Å². The molecule has 0 aliphatic carbocycles. The number of hydrogen-bond acceptors (Lipinski definition) is 2. The highest BCUT2D eigenvalue weighted by Crippen LogP contribution is 2.18. The van der Waals surface area contributed by atoms with Gasteiger partial charge in [-0.15, -0.1) is 0 Å². The fourth-order valence-corrected chi connectivity index (χ4v) is 1.32. The van der Waals surface area contributed by atoms with Gasteiger partial charge in [0.2, 0.25) is 0 Å². The average molecular weight is 115 g/mol. The van der Waals surface area contributed by atoms with Gasteiger partial charge in [0.1, 0.15) is 0 Å². The van der Waals surface area contributed by atoms with E-state index in [4.69, 9.17) is 0 Å². The maximum Gasteiger partial charge on any atom is 0.0337 e. The van der Waals surface area contributed by atoms with E-state index in [-0.39, 0.29) is 0 Å². The molecule has 0 radical (unpaired) electrons. The minimum Gasteiger partial charge on any atom is -0.254 e. The molecule has 1 unspecified atom stereocenters. The lowest BCUT2D eigenvalue weighted by Crippen LogP contribution is -2.09. The average Bonchev–Trinajstić information content (AvgIpc) is 1.87. The van der Waals surface area contributed by atoms with Gasteiger partial charge in [-0.05, 0) is 30.7 Å². The van der Waals surface area contributed by atoms with Crippen molar-refractivity contribution >= 4 is 11.9 Å². The van der Waals surface area contributed by atoms with Gasteiger partial charge in [-0.3, -0.25) is 4.72 Å². The third-order valence-corrected chi connectivity index (χ3v) is 1.84. The van der Waals surface area contributed by atoms with Gasteiger partial charge in [-0.1, -0.05) is 6.08 Å². The number of allylic oxidation sites excluding steroid dienone is 1. The monoisotopic (exact) mass is 115 g/mol. The number of hydrogen-bond donors (Lipinski definition) is 1. The molecule has 0 amide bonds. The van der Waals surface area contributed by atoms with Crippen LogP contribution in [0, 0.1) is 0 Å². The summed E-state index contributed by atoms with van der Waals surface area (Å²) in [6.07, 6.45) is 2.21. The molecule has 0 spiro atoms. The summed E-state index contributed by atoms with van der Waals surface area (Å²) < 4.78 is 3.19. The molecule has 40 valence electrons. The van der Waals surface area contributed by atoms with E-state index in [0.717, 1.165) is 0 Å². The van der Waals surface area contributed by atoms with Gasteiger partial charge in [0.05, 0.1) is 0 Å². The maximum absolute atomic E-state index is 3.19. The van der Waals surface area contributed by atoms with Crippen LogP contribution in [0.5, 0.6) is 0 Å². The van der Waals surface area contributed by atoms with Crippen molar-refractivity contribution in [3.05, 3.63) is 11.0 Å². The first-order valence-electron chi connectivity index (χ1n) is 2.40. The van der Waals surface area contributed by atoms with Gasteiger partial charge in [-0.25, -0.2) is 0 Å². The molecule has 1 aliphatic heterocycles. The van der Waals surface area contributed by atoms with Crippen molar-refractivity contribution in [1.29, 1.82) is 0 Å². The second-order valence-corrected chi connectivity index (χ2v) is 2.87. The van der Waals surface area contributed by atoms with Gasteiger partial charge in [0.25, 0.3) is 0 Å². The summed E-state index contributed by atoms with van der Waals surface area (Å²) in [5.41, 5.74) is 0. The van der Waals surface area contributed by atoms with E-state index >= 15 is 0 Å². The molecule has 0 saturated heterocycles. The molecule has 0 saturated carbocycles. The Hall–Kier alpha value is 0.0500. The first kappa shape index (κ1) is 5.19. The highest BCUT2D eigenvalue weighted by Gasteiger charge is 2.04. The SMILES string of the molecule is CC1=CC(C)NS1. The van der Waals surface area contributed by atoms with Crippen molar-refractivity contribution in [2.24, 2.45) is 0 Å². The Morgan fingerprint density at radius 1 is 1.86 bits per heavy atom. The van der Waals surface area contributed by atoms with Crippen LogP contribution >= 0.6 is 11.9 Å². The minimum absolute atomic E-state index is 0.574. The third-order valence-electron chi connectivity index (χ3n) is 0.891. The maximum atomic E-state index is 3.19. The molecule has 0 fully saturated rings. The Labute approximate surface area is 48.3 Å². The van der Waals surface area contributed by atoms with Crippen LogP contribution in [0.15, 0.2) is 11.0 Å². The molecular weight excluding hydrogens is 106 g/mol. The molecule has 0 aromatic rings. The van der Waals surface area contributed by atoms with E-state index in [1.165, 1.54) is 4.91 Å². The predicted molar refractivity (Wildman–Crippen MR) is 33.9 cm³/mol. The van der Waals surface area contributed by atoms with Crippen LogP contribution in [-0.2, 0) is 0 Å². The summed E-state index contributed by atoms with van der Waals surface area (Å²) in [5.74, 6) is 0. The second-order valence-electron chi connectivity index (χ2n) is 1.79. The van der Waals surface area contributed by atoms with Crippen LogP contribution in [0.1, 0.15) is 13.8 Å². The molecule has 0 aromatic heterocycles. The Bertz CT molecular complexity index is 98.3. The summed E-state index contributed by atoms with van der Waals surface area (Å²) in [6.45, 7) is 4.25. The quantitative estimate of drug-likeness (QED) is 0.480. The van der Waals surface area contributed by atoms with Crippen LogP contribution in [-0.4, -0.2) is 6.04 Å². The molecule has 0 aromatic carbocycles. The summed E-state index contributed by atoms with van der Waals surface area (Å²) in [6, 6.07) is 0.574. The third kappa shape index (κ3) is 1.21. The van der Waals surface area contributed by atoms with Crippen LogP contribution in [0.25, 0.3) is 0 Å². The number of rotatable bonds is 0. The van der Waals surface area contributed by atoms with Crippen molar-refractivity contribution in [1.82, 2.24) is 4.72 Å². The summed E-state index contributed by atoms with van der Waals surface area (Å²) in [5, 5.41) is 0. The molecule has 0 bridgehead atoms. The summed E-state index contributed by atoms with van der Waals surface area (Å²) >= 11 is 1.72. The summed E-state index contributed by atoms with van der Waals surface area (Å²) in [4.78, 5) is 1.38. The largest absolute Gasteiger partial charge is 0.254 e. The molecular formula is C5H9NS. The first-order chi connectivity index (χ1) is 3.29. The van der Waals surface area contributed by atoms with E-state index < -0.39 is 0 Å². The lowest BCUT2D eigenvalue weighted by atomic mass is 10.3. The highest BCUT2D eigenvalue weighted by atomic mass is 32.2. The van der Waals surface area contributed by atoms with E-state index in [0.29, 0.717) is 6.04 Å². The fraction of sp³-hybridized carbons (Fsp3) is 0.600. The van der Waals surface area contributed by atoms with E-state index in [1.54, 1.807) is 11.9 Å². The fourth-order valence-electron chi connectivity index (χ4n) is 0.606. The Morgan fingerprint density at radius 3 is 2.71 bits per heavy atom. The predicted octanol–water partition coefficient (Wildman–Crippen LogP) is 1.53. The van der Waals surface area contributed by atoms with Crippen LogP contribution in [0.2, 0.25) is 0 Å². The van der Waals surface area contributed by atoms with Crippen LogP contribution < -0.4 is 4.72 Å². The molecule has 1 heterocycles. The van der Waals surface area contributed by atoms with E-state index in [2.05, 4.69) is 24.6 Å². The summed E-state index contributed by atoms with van der Waals surface area (Å²) in [7, 11) is 0. The number of nitrogens with one attached hydrogen (secondary N) is 1. The van der Waals surface area contributed by atoms with Crippen molar-refractivity contribution in [3.63, 3.8) is 0 Å². The van der Waals surface area contributed by atoms with Crippen molar-refractivity contribution in [3.8, 4) is 0 Å².